The van der Waals surface area contributed by atoms with Crippen molar-refractivity contribution in [2.45, 2.75) is 33.1 Å². The van der Waals surface area contributed by atoms with Crippen LogP contribution in [0.25, 0.3) is 0 Å². The Bertz CT molecular complexity index is 202. The minimum atomic E-state index is -0.810. The third kappa shape index (κ3) is 6.46. The normalized spacial score (nSPS) is 10.3. The molecule has 0 aromatic heterocycles. The zero-order valence-electron chi connectivity index (χ0n) is 9.12. The van der Waals surface area contributed by atoms with Crippen LogP contribution >= 0.6 is 0 Å². The van der Waals surface area contributed by atoms with Gasteiger partial charge in [0.15, 0.2) is 0 Å². The molecule has 4 nitrogen and oxygen atoms in total. The molecular formula is C10H19NO3. The second-order valence-electron chi connectivity index (χ2n) is 3.91. The molecule has 14 heavy (non-hydrogen) atoms. The maximum absolute atomic E-state index is 11.4. The quantitative estimate of drug-likeness (QED) is 0.705. The van der Waals surface area contributed by atoms with E-state index < -0.39 is 5.97 Å². The van der Waals surface area contributed by atoms with Crippen LogP contribution < -0.4 is 0 Å². The first-order valence-corrected chi connectivity index (χ1v) is 4.89. The fourth-order valence-corrected chi connectivity index (χ4v) is 1.10. The summed E-state index contributed by atoms with van der Waals surface area (Å²) in [6.07, 6.45) is 1.18. The summed E-state index contributed by atoms with van der Waals surface area (Å²) in [6, 6.07) is 0. The highest BCUT2D eigenvalue weighted by molar-refractivity contribution is 5.76. The Morgan fingerprint density at radius 3 is 2.36 bits per heavy atom. The van der Waals surface area contributed by atoms with Crippen LogP contribution in [0.5, 0.6) is 0 Å². The third-order valence-electron chi connectivity index (χ3n) is 1.89. The van der Waals surface area contributed by atoms with E-state index in [1.165, 1.54) is 0 Å². The first-order valence-electron chi connectivity index (χ1n) is 4.89. The molecule has 0 fully saturated rings. The molecule has 0 saturated carbocycles. The van der Waals surface area contributed by atoms with Crippen molar-refractivity contribution in [2.24, 2.45) is 5.92 Å². The van der Waals surface area contributed by atoms with E-state index >= 15 is 0 Å². The van der Waals surface area contributed by atoms with E-state index in [9.17, 15) is 9.59 Å². The van der Waals surface area contributed by atoms with E-state index in [4.69, 9.17) is 5.11 Å². The van der Waals surface area contributed by atoms with Crippen LogP contribution in [0.2, 0.25) is 0 Å². The van der Waals surface area contributed by atoms with E-state index in [0.717, 1.165) is 0 Å². The molecule has 0 spiro atoms. The number of carbonyl (C=O) groups is 2. The van der Waals surface area contributed by atoms with Gasteiger partial charge in [-0.05, 0) is 12.3 Å². The van der Waals surface area contributed by atoms with Gasteiger partial charge >= 0.3 is 5.97 Å². The van der Waals surface area contributed by atoms with Gasteiger partial charge in [-0.1, -0.05) is 13.8 Å². The standard InChI is InChI=1S/C10H19NO3/c1-8(2)7-9(12)11(3)6-4-5-10(13)14/h8H,4-7H2,1-3H3,(H,13,14). The van der Waals surface area contributed by atoms with Crippen molar-refractivity contribution in [3.63, 3.8) is 0 Å². The molecule has 1 amide bonds. The molecule has 0 radical (unpaired) electrons. The van der Waals surface area contributed by atoms with E-state index in [1.54, 1.807) is 11.9 Å². The Balaban J connectivity index is 3.67. The highest BCUT2D eigenvalue weighted by Crippen LogP contribution is 2.03. The van der Waals surface area contributed by atoms with E-state index in [-0.39, 0.29) is 12.3 Å². The number of amides is 1. The van der Waals surface area contributed by atoms with Gasteiger partial charge in [0.1, 0.15) is 0 Å². The molecular weight excluding hydrogens is 182 g/mol. The van der Waals surface area contributed by atoms with Crippen LogP contribution in [-0.2, 0) is 9.59 Å². The summed E-state index contributed by atoms with van der Waals surface area (Å²) in [5, 5.41) is 8.41. The molecule has 82 valence electrons. The van der Waals surface area contributed by atoms with Crippen molar-refractivity contribution in [1.29, 1.82) is 0 Å². The van der Waals surface area contributed by atoms with Gasteiger partial charge in [-0.15, -0.1) is 0 Å². The minimum Gasteiger partial charge on any atom is -0.481 e. The molecule has 0 atom stereocenters. The van der Waals surface area contributed by atoms with Crippen LogP contribution in [0.15, 0.2) is 0 Å². The average Bonchev–Trinajstić information content (AvgIpc) is 2.01. The number of carbonyl (C=O) groups excluding carboxylic acids is 1. The second kappa shape index (κ2) is 6.40. The molecule has 4 heteroatoms. The molecule has 0 rings (SSSR count). The van der Waals surface area contributed by atoms with Crippen LogP contribution in [0.1, 0.15) is 33.1 Å². The number of carboxylic acid groups (broad SMARTS) is 1. The Kier molecular flexibility index (Phi) is 5.92. The molecule has 0 aromatic carbocycles. The van der Waals surface area contributed by atoms with Crippen molar-refractivity contribution in [2.75, 3.05) is 13.6 Å². The van der Waals surface area contributed by atoms with Gasteiger partial charge in [0.25, 0.3) is 0 Å². The van der Waals surface area contributed by atoms with Crippen LogP contribution in [0.3, 0.4) is 0 Å². The van der Waals surface area contributed by atoms with Gasteiger partial charge in [0, 0.05) is 26.4 Å². The summed E-state index contributed by atoms with van der Waals surface area (Å²) >= 11 is 0. The zero-order valence-corrected chi connectivity index (χ0v) is 9.12. The minimum absolute atomic E-state index is 0.0883. The highest BCUT2D eigenvalue weighted by atomic mass is 16.4. The first kappa shape index (κ1) is 12.9. The molecule has 0 aliphatic heterocycles. The first-order chi connectivity index (χ1) is 6.43. The number of nitrogens with zero attached hydrogens (tertiary/aromatic N) is 1. The highest BCUT2D eigenvalue weighted by Gasteiger charge is 2.10. The van der Waals surface area contributed by atoms with Crippen molar-refractivity contribution in [1.82, 2.24) is 4.90 Å². The Hall–Kier alpha value is -1.06. The van der Waals surface area contributed by atoms with Gasteiger partial charge < -0.3 is 10.0 Å². The Morgan fingerprint density at radius 1 is 1.36 bits per heavy atom. The topological polar surface area (TPSA) is 57.6 Å². The molecule has 0 aromatic rings. The molecule has 0 aliphatic carbocycles. The number of aliphatic carboxylic acids is 1. The van der Waals surface area contributed by atoms with Crippen molar-refractivity contribution < 1.29 is 14.7 Å². The van der Waals surface area contributed by atoms with E-state index in [0.29, 0.717) is 25.3 Å². The van der Waals surface area contributed by atoms with Crippen LogP contribution in [-0.4, -0.2) is 35.5 Å². The molecule has 0 saturated heterocycles. The van der Waals surface area contributed by atoms with Crippen LogP contribution in [0, 0.1) is 5.92 Å². The Labute approximate surface area is 84.9 Å². The summed E-state index contributed by atoms with van der Waals surface area (Å²) in [4.78, 5) is 23.2. The SMILES string of the molecule is CC(C)CC(=O)N(C)CCCC(=O)O. The van der Waals surface area contributed by atoms with E-state index in [2.05, 4.69) is 0 Å². The number of carboxylic acids is 1. The van der Waals surface area contributed by atoms with Crippen molar-refractivity contribution >= 4 is 11.9 Å². The van der Waals surface area contributed by atoms with Gasteiger partial charge in [-0.25, -0.2) is 0 Å². The smallest absolute Gasteiger partial charge is 0.303 e. The summed E-state index contributed by atoms with van der Waals surface area (Å²) < 4.78 is 0. The predicted molar refractivity (Wildman–Crippen MR) is 54.0 cm³/mol. The molecule has 0 aliphatic rings. The summed E-state index contributed by atoms with van der Waals surface area (Å²) in [5.74, 6) is -0.371. The molecule has 0 unspecified atom stereocenters. The van der Waals surface area contributed by atoms with Crippen molar-refractivity contribution in [3.05, 3.63) is 0 Å². The van der Waals surface area contributed by atoms with Crippen molar-refractivity contribution in [3.8, 4) is 0 Å². The lowest BCUT2D eigenvalue weighted by Crippen LogP contribution is -2.28. The summed E-state index contributed by atoms with van der Waals surface area (Å²) in [6.45, 7) is 4.50. The summed E-state index contributed by atoms with van der Waals surface area (Å²) in [5.41, 5.74) is 0. The Morgan fingerprint density at radius 2 is 1.93 bits per heavy atom. The number of hydrogen-bond acceptors (Lipinski definition) is 2. The van der Waals surface area contributed by atoms with Gasteiger partial charge in [-0.3, -0.25) is 9.59 Å². The molecule has 0 heterocycles. The van der Waals surface area contributed by atoms with Crippen LogP contribution in [0.4, 0.5) is 0 Å². The summed E-state index contributed by atoms with van der Waals surface area (Å²) in [7, 11) is 1.71. The zero-order chi connectivity index (χ0) is 11.1. The lowest BCUT2D eigenvalue weighted by molar-refractivity contribution is -0.138. The largest absolute Gasteiger partial charge is 0.481 e. The van der Waals surface area contributed by atoms with Gasteiger partial charge in [0.2, 0.25) is 5.91 Å². The molecule has 1 N–H and O–H groups in total. The van der Waals surface area contributed by atoms with Gasteiger partial charge in [-0.2, -0.15) is 0 Å². The fourth-order valence-electron chi connectivity index (χ4n) is 1.10. The monoisotopic (exact) mass is 201 g/mol. The van der Waals surface area contributed by atoms with Gasteiger partial charge in [0.05, 0.1) is 0 Å². The average molecular weight is 201 g/mol. The maximum atomic E-state index is 11.4. The number of hydrogen-bond donors (Lipinski definition) is 1. The van der Waals surface area contributed by atoms with E-state index in [1.807, 2.05) is 13.8 Å². The third-order valence-corrected chi connectivity index (χ3v) is 1.89. The lowest BCUT2D eigenvalue weighted by atomic mass is 10.1. The lowest BCUT2D eigenvalue weighted by Gasteiger charge is -2.17. The fraction of sp³-hybridized carbons (Fsp3) is 0.800. The molecule has 0 bridgehead atoms. The predicted octanol–water partition coefficient (Wildman–Crippen LogP) is 1.36. The second-order valence-corrected chi connectivity index (χ2v) is 3.91. The maximum Gasteiger partial charge on any atom is 0.303 e. The number of rotatable bonds is 6.